The first-order valence-electron chi connectivity index (χ1n) is 18.5. The molecule has 4 atom stereocenters. The van der Waals surface area contributed by atoms with E-state index in [1.807, 2.05) is 11.1 Å². The molecule has 3 nitrogen and oxygen atoms in total. The average Bonchev–Trinajstić information content (AvgIpc) is 3.79. The van der Waals surface area contributed by atoms with Gasteiger partial charge in [0, 0.05) is 59.1 Å². The van der Waals surface area contributed by atoms with Crippen molar-refractivity contribution in [1.82, 2.24) is 14.1 Å². The van der Waals surface area contributed by atoms with Gasteiger partial charge in [0.25, 0.3) is 0 Å². The smallest absolute Gasteiger partial charge is 0.0442 e. The van der Waals surface area contributed by atoms with Gasteiger partial charge < -0.3 is 9.13 Å². The van der Waals surface area contributed by atoms with Crippen LogP contribution in [-0.4, -0.2) is 14.1 Å². The van der Waals surface area contributed by atoms with Crippen molar-refractivity contribution in [1.29, 1.82) is 0 Å². The van der Waals surface area contributed by atoms with Gasteiger partial charge in [-0.25, -0.2) is 0 Å². The van der Waals surface area contributed by atoms with E-state index in [0.29, 0.717) is 17.8 Å². The highest BCUT2D eigenvalue weighted by Gasteiger charge is 2.40. The fourth-order valence-electron chi connectivity index (χ4n) is 11.8. The van der Waals surface area contributed by atoms with E-state index in [4.69, 9.17) is 4.98 Å². The summed E-state index contributed by atoms with van der Waals surface area (Å²) in [5.74, 6) is 3.50. The van der Waals surface area contributed by atoms with E-state index in [-0.39, 0.29) is 0 Å². The Balaban J connectivity index is 1.02. The molecule has 3 aromatic heterocycles. The molecule has 2 aliphatic heterocycles. The first kappa shape index (κ1) is 27.1. The molecule has 3 heteroatoms. The third-order valence-corrected chi connectivity index (χ3v) is 13.1. The van der Waals surface area contributed by atoms with E-state index in [1.54, 1.807) is 50.6 Å². The van der Waals surface area contributed by atoms with E-state index >= 15 is 0 Å². The molecule has 6 aliphatic rings. The van der Waals surface area contributed by atoms with Crippen molar-refractivity contribution < 1.29 is 0 Å². The number of nitrogens with zero attached hydrogens (tertiary/aromatic N) is 3. The van der Waals surface area contributed by atoms with E-state index in [9.17, 15) is 0 Å². The summed E-state index contributed by atoms with van der Waals surface area (Å²) in [6.45, 7) is 12.6. The van der Waals surface area contributed by atoms with Gasteiger partial charge in [-0.1, -0.05) is 27.7 Å². The highest BCUT2D eigenvalue weighted by molar-refractivity contribution is 5.50. The van der Waals surface area contributed by atoms with Gasteiger partial charge in [0.1, 0.15) is 0 Å². The summed E-state index contributed by atoms with van der Waals surface area (Å²) in [6.07, 6.45) is 21.1. The lowest BCUT2D eigenvalue weighted by molar-refractivity contribution is 0.518. The quantitative estimate of drug-likeness (QED) is 0.275. The zero-order valence-electron chi connectivity index (χ0n) is 27.5. The second-order valence-corrected chi connectivity index (χ2v) is 15.9. The third kappa shape index (κ3) is 3.94. The molecule has 0 radical (unpaired) electrons. The molecular weight excluding hydrogens is 522 g/mol. The zero-order valence-corrected chi connectivity index (χ0v) is 27.5. The molecule has 5 heterocycles. The molecule has 4 aliphatic carbocycles. The molecule has 4 unspecified atom stereocenters. The SMILES string of the molecule is CC(C)c1c2c(c3n1CCC3CC(C)c1c3c(n4c1CCC4)C(CC(C)c1c4c(nc5c1CCC5)CCC4)CC3)CCC2. The molecule has 3 aromatic rings. The van der Waals surface area contributed by atoms with Crippen LogP contribution in [0.1, 0.15) is 182 Å². The number of hydrogen-bond donors (Lipinski definition) is 0. The minimum absolute atomic E-state index is 0.656. The maximum Gasteiger partial charge on any atom is 0.0442 e. The van der Waals surface area contributed by atoms with Crippen LogP contribution in [0.15, 0.2) is 0 Å². The molecule has 228 valence electrons. The van der Waals surface area contributed by atoms with Gasteiger partial charge in [0.15, 0.2) is 0 Å². The van der Waals surface area contributed by atoms with E-state index in [1.165, 1.54) is 127 Å². The molecule has 0 saturated heterocycles. The minimum atomic E-state index is 0.656. The number of aryl methyl sites for hydroxylation is 2. The number of aromatic nitrogens is 3. The Kier molecular flexibility index (Phi) is 6.36. The van der Waals surface area contributed by atoms with Crippen LogP contribution in [0.25, 0.3) is 0 Å². The fraction of sp³-hybridized carbons (Fsp3) is 0.675. The molecule has 0 spiro atoms. The van der Waals surface area contributed by atoms with Gasteiger partial charge in [-0.15, -0.1) is 0 Å². The van der Waals surface area contributed by atoms with Crippen molar-refractivity contribution in [3.05, 3.63) is 73.1 Å². The topological polar surface area (TPSA) is 22.8 Å². The van der Waals surface area contributed by atoms with Crippen molar-refractivity contribution in [2.45, 2.75) is 173 Å². The van der Waals surface area contributed by atoms with Crippen LogP contribution in [0, 0.1) is 0 Å². The summed E-state index contributed by atoms with van der Waals surface area (Å²) < 4.78 is 5.68. The van der Waals surface area contributed by atoms with Crippen LogP contribution < -0.4 is 0 Å². The van der Waals surface area contributed by atoms with Crippen LogP contribution in [-0.2, 0) is 64.5 Å². The molecule has 0 saturated carbocycles. The third-order valence-electron chi connectivity index (χ3n) is 13.1. The van der Waals surface area contributed by atoms with Crippen LogP contribution in [0.5, 0.6) is 0 Å². The summed E-state index contributed by atoms with van der Waals surface area (Å²) in [5.41, 5.74) is 22.3. The Morgan fingerprint density at radius 2 is 1.21 bits per heavy atom. The van der Waals surface area contributed by atoms with Crippen molar-refractivity contribution >= 4 is 0 Å². The Hall–Kier alpha value is -2.29. The molecule has 0 bridgehead atoms. The van der Waals surface area contributed by atoms with Crippen molar-refractivity contribution in [3.8, 4) is 0 Å². The lowest BCUT2D eigenvalue weighted by atomic mass is 9.83. The highest BCUT2D eigenvalue weighted by atomic mass is 15.0. The number of hydrogen-bond acceptors (Lipinski definition) is 1. The zero-order chi connectivity index (χ0) is 29.0. The minimum Gasteiger partial charge on any atom is -0.348 e. The predicted octanol–water partition coefficient (Wildman–Crippen LogP) is 9.13. The fourth-order valence-corrected chi connectivity index (χ4v) is 11.8. The van der Waals surface area contributed by atoms with Gasteiger partial charge in [0.05, 0.1) is 0 Å². The monoisotopic (exact) mass is 575 g/mol. The highest BCUT2D eigenvalue weighted by Crippen LogP contribution is 2.51. The van der Waals surface area contributed by atoms with Crippen LogP contribution in [0.3, 0.4) is 0 Å². The van der Waals surface area contributed by atoms with Crippen LogP contribution >= 0.6 is 0 Å². The van der Waals surface area contributed by atoms with Gasteiger partial charge in [-0.3, -0.25) is 4.98 Å². The number of fused-ring (bicyclic) bond motifs is 8. The number of pyridine rings is 1. The maximum absolute atomic E-state index is 5.19. The van der Waals surface area contributed by atoms with E-state index < -0.39 is 0 Å². The first-order valence-corrected chi connectivity index (χ1v) is 18.5. The van der Waals surface area contributed by atoms with Gasteiger partial charge in [-0.2, -0.15) is 0 Å². The Morgan fingerprint density at radius 3 is 1.95 bits per heavy atom. The lowest BCUT2D eigenvalue weighted by Gasteiger charge is -2.24. The summed E-state index contributed by atoms with van der Waals surface area (Å²) in [6, 6.07) is 0. The largest absolute Gasteiger partial charge is 0.348 e. The maximum atomic E-state index is 5.19. The van der Waals surface area contributed by atoms with E-state index in [0.717, 1.165) is 11.8 Å². The Bertz CT molecular complexity index is 1580. The molecule has 0 N–H and O–H groups in total. The second kappa shape index (κ2) is 10.1. The van der Waals surface area contributed by atoms with Crippen molar-refractivity contribution in [2.75, 3.05) is 0 Å². The summed E-state index contributed by atoms with van der Waals surface area (Å²) in [7, 11) is 0. The van der Waals surface area contributed by atoms with Gasteiger partial charge in [0.2, 0.25) is 0 Å². The van der Waals surface area contributed by atoms with Crippen LogP contribution in [0.2, 0.25) is 0 Å². The standard InChI is InChI=1S/C40H53N3/c1-23(2)38-28-9-5-10-29(28)39-27(18-20-43(38)39)22-25(4)37-32-17-16-26(40(32)42-19-8-15-35(37)42)21-24(3)36-30-11-6-13-33(30)41-34-14-7-12-31(34)36/h23-27H,5-22H2,1-4H3. The van der Waals surface area contributed by atoms with E-state index in [2.05, 4.69) is 36.8 Å². The van der Waals surface area contributed by atoms with Crippen LogP contribution in [0.4, 0.5) is 0 Å². The molecule has 0 amide bonds. The molecule has 0 fully saturated rings. The predicted molar refractivity (Wildman–Crippen MR) is 176 cm³/mol. The van der Waals surface area contributed by atoms with Crippen molar-refractivity contribution in [3.63, 3.8) is 0 Å². The van der Waals surface area contributed by atoms with Gasteiger partial charge >= 0.3 is 0 Å². The molecule has 43 heavy (non-hydrogen) atoms. The van der Waals surface area contributed by atoms with Crippen molar-refractivity contribution in [2.24, 2.45) is 0 Å². The molecular formula is C40H53N3. The normalized spacial score (nSPS) is 24.4. The Morgan fingerprint density at radius 1 is 0.581 bits per heavy atom. The summed E-state index contributed by atoms with van der Waals surface area (Å²) in [5, 5.41) is 0. The summed E-state index contributed by atoms with van der Waals surface area (Å²) >= 11 is 0. The average molecular weight is 576 g/mol. The summed E-state index contributed by atoms with van der Waals surface area (Å²) in [4.78, 5) is 5.19. The number of rotatable bonds is 7. The first-order chi connectivity index (χ1) is 21.0. The second-order valence-electron chi connectivity index (χ2n) is 15.9. The lowest BCUT2D eigenvalue weighted by Crippen LogP contribution is -2.12. The molecule has 9 rings (SSSR count). The molecule has 0 aromatic carbocycles. The Labute approximate surface area is 259 Å². The van der Waals surface area contributed by atoms with Gasteiger partial charge in [-0.05, 0) is 159 Å².